The van der Waals surface area contributed by atoms with Crippen LogP contribution in [0.25, 0.3) is 10.2 Å². The van der Waals surface area contributed by atoms with Gasteiger partial charge in [-0.25, -0.2) is 4.98 Å². The molecule has 0 N–H and O–H groups in total. The fourth-order valence-electron chi connectivity index (χ4n) is 3.54. The number of likely N-dealkylation sites (tertiary alicyclic amines) is 1. The number of hydrogen-bond acceptors (Lipinski definition) is 5. The number of thioether (sulfide) groups is 1. The normalized spacial score (nSPS) is 15.3. The lowest BCUT2D eigenvalue weighted by molar-refractivity contribution is 0.0709. The first-order chi connectivity index (χ1) is 13.2. The Bertz CT molecular complexity index is 929. The fraction of sp³-hybridized carbons (Fsp3) is 0.333. The van der Waals surface area contributed by atoms with Gasteiger partial charge in [-0.1, -0.05) is 12.1 Å². The molecule has 1 aromatic heterocycles. The zero-order chi connectivity index (χ0) is 18.8. The molecule has 2 aromatic carbocycles. The van der Waals surface area contributed by atoms with Crippen LogP contribution in [-0.2, 0) is 0 Å². The van der Waals surface area contributed by atoms with Crippen molar-refractivity contribution in [1.29, 1.82) is 0 Å². The summed E-state index contributed by atoms with van der Waals surface area (Å²) >= 11 is 3.43. The van der Waals surface area contributed by atoms with Gasteiger partial charge in [0.1, 0.15) is 5.75 Å². The molecule has 1 aliphatic heterocycles. The summed E-state index contributed by atoms with van der Waals surface area (Å²) in [4.78, 5) is 20.8. The number of rotatable bonds is 4. The molecule has 4 rings (SSSR count). The molecule has 1 amide bonds. The fourth-order valence-corrected chi connectivity index (χ4v) is 5.11. The number of benzene rings is 2. The van der Waals surface area contributed by atoms with E-state index in [4.69, 9.17) is 9.72 Å². The van der Waals surface area contributed by atoms with E-state index in [9.17, 15) is 4.79 Å². The van der Waals surface area contributed by atoms with Gasteiger partial charge >= 0.3 is 0 Å². The molecule has 6 heteroatoms. The van der Waals surface area contributed by atoms with Crippen LogP contribution in [0.2, 0.25) is 0 Å². The van der Waals surface area contributed by atoms with Crippen LogP contribution in [0.4, 0.5) is 0 Å². The van der Waals surface area contributed by atoms with Gasteiger partial charge in [0.15, 0.2) is 0 Å². The molecule has 4 nitrogen and oxygen atoms in total. The van der Waals surface area contributed by atoms with E-state index in [2.05, 4.69) is 18.2 Å². The molecule has 1 fully saturated rings. The topological polar surface area (TPSA) is 42.4 Å². The molecule has 140 valence electrons. The highest BCUT2D eigenvalue weighted by atomic mass is 32.2. The molecule has 27 heavy (non-hydrogen) atoms. The van der Waals surface area contributed by atoms with Crippen molar-refractivity contribution in [2.24, 2.45) is 0 Å². The lowest BCUT2D eigenvalue weighted by Crippen LogP contribution is -2.38. The van der Waals surface area contributed by atoms with Crippen LogP contribution in [0.15, 0.2) is 47.4 Å². The van der Waals surface area contributed by atoms with Gasteiger partial charge in [0, 0.05) is 23.9 Å². The number of para-hydroxylation sites is 1. The summed E-state index contributed by atoms with van der Waals surface area (Å²) in [7, 11) is 1.62. The summed E-state index contributed by atoms with van der Waals surface area (Å²) in [5.74, 6) is 1.15. The van der Waals surface area contributed by atoms with Crippen LogP contribution < -0.4 is 4.74 Å². The molecule has 0 spiro atoms. The second-order valence-electron chi connectivity index (χ2n) is 6.65. The maximum atomic E-state index is 13.0. The molecule has 1 saturated heterocycles. The second-order valence-corrected chi connectivity index (χ2v) is 8.59. The average molecular weight is 399 g/mol. The number of carbonyl (C=O) groups is 1. The van der Waals surface area contributed by atoms with Gasteiger partial charge in [-0.2, -0.15) is 0 Å². The quantitative estimate of drug-likeness (QED) is 0.577. The minimum atomic E-state index is 0.0576. The number of hydrogen-bond donors (Lipinski definition) is 0. The van der Waals surface area contributed by atoms with Crippen LogP contribution in [0.1, 0.15) is 34.1 Å². The molecule has 0 unspecified atom stereocenters. The molecule has 0 radical (unpaired) electrons. The van der Waals surface area contributed by atoms with E-state index in [-0.39, 0.29) is 5.91 Å². The van der Waals surface area contributed by atoms with Crippen LogP contribution in [-0.4, -0.2) is 42.2 Å². The first-order valence-electron chi connectivity index (χ1n) is 9.06. The number of piperidine rings is 1. The Morgan fingerprint density at radius 2 is 2.00 bits per heavy atom. The van der Waals surface area contributed by atoms with Crippen LogP contribution in [0.5, 0.6) is 5.75 Å². The number of thiazole rings is 1. The lowest BCUT2D eigenvalue weighted by Gasteiger charge is -2.31. The second kappa shape index (κ2) is 7.90. The Balaban J connectivity index is 1.46. The predicted molar refractivity (Wildman–Crippen MR) is 112 cm³/mol. The predicted octanol–water partition coefficient (Wildman–Crippen LogP) is 5.05. The van der Waals surface area contributed by atoms with E-state index in [1.54, 1.807) is 30.2 Å². The summed E-state index contributed by atoms with van der Waals surface area (Å²) in [5.41, 5.74) is 1.73. The van der Waals surface area contributed by atoms with Gasteiger partial charge in [0.25, 0.3) is 5.91 Å². The van der Waals surface area contributed by atoms with Gasteiger partial charge in [0.05, 0.1) is 27.9 Å². The van der Waals surface area contributed by atoms with Gasteiger partial charge in [-0.05, 0) is 49.4 Å². The molecular weight excluding hydrogens is 376 g/mol. The van der Waals surface area contributed by atoms with E-state index in [0.717, 1.165) is 36.3 Å². The summed E-state index contributed by atoms with van der Waals surface area (Å²) in [6.45, 7) is 1.51. The smallest absolute Gasteiger partial charge is 0.257 e. The number of methoxy groups -OCH3 is 1. The third-order valence-corrected chi connectivity index (χ3v) is 7.01. The lowest BCUT2D eigenvalue weighted by atomic mass is 9.97. The highest BCUT2D eigenvalue weighted by Gasteiger charge is 2.27. The number of carbonyl (C=O) groups excluding carboxylic acids is 1. The molecule has 0 atom stereocenters. The Morgan fingerprint density at radius 3 is 2.70 bits per heavy atom. The largest absolute Gasteiger partial charge is 0.496 e. The van der Waals surface area contributed by atoms with E-state index >= 15 is 0 Å². The number of fused-ring (bicyclic) bond motifs is 1. The average Bonchev–Trinajstić information content (AvgIpc) is 3.17. The molecule has 1 aliphatic rings. The third-order valence-electron chi connectivity index (χ3n) is 5.08. The standard InChI is InChI=1S/C21H22N2O2S2/c1-25-18-13-15(26-2)7-8-16(18)21(24)23-11-9-14(10-12-23)20-22-17-5-3-4-6-19(17)27-20/h3-8,13-14H,9-12H2,1-2H3. The minimum Gasteiger partial charge on any atom is -0.496 e. The number of ether oxygens (including phenoxy) is 1. The zero-order valence-electron chi connectivity index (χ0n) is 15.5. The molecule has 2 heterocycles. The zero-order valence-corrected chi connectivity index (χ0v) is 17.1. The SMILES string of the molecule is COc1cc(SC)ccc1C(=O)N1CCC(c2nc3ccccc3s2)CC1. The highest BCUT2D eigenvalue weighted by Crippen LogP contribution is 2.35. The van der Waals surface area contributed by atoms with E-state index in [1.807, 2.05) is 35.4 Å². The Morgan fingerprint density at radius 1 is 1.22 bits per heavy atom. The van der Waals surface area contributed by atoms with Gasteiger partial charge in [-0.3, -0.25) is 4.79 Å². The molecule has 3 aromatic rings. The first-order valence-corrected chi connectivity index (χ1v) is 11.1. The van der Waals surface area contributed by atoms with Gasteiger partial charge in [0.2, 0.25) is 0 Å². The molecule has 0 bridgehead atoms. The van der Waals surface area contributed by atoms with Crippen LogP contribution >= 0.6 is 23.1 Å². The Labute approximate surface area is 167 Å². The van der Waals surface area contributed by atoms with Crippen molar-refractivity contribution in [2.75, 3.05) is 26.5 Å². The molecule has 0 saturated carbocycles. The van der Waals surface area contributed by atoms with Crippen molar-refractivity contribution in [3.8, 4) is 5.75 Å². The summed E-state index contributed by atoms with van der Waals surface area (Å²) in [5, 5.41) is 1.20. The Hall–Kier alpha value is -2.05. The summed E-state index contributed by atoms with van der Waals surface area (Å²) in [6, 6.07) is 14.1. The maximum Gasteiger partial charge on any atom is 0.257 e. The van der Waals surface area contributed by atoms with Crippen molar-refractivity contribution >= 4 is 39.2 Å². The molecule has 0 aliphatic carbocycles. The van der Waals surface area contributed by atoms with Crippen molar-refractivity contribution in [3.05, 3.63) is 53.0 Å². The highest BCUT2D eigenvalue weighted by molar-refractivity contribution is 7.98. The monoisotopic (exact) mass is 398 g/mol. The van der Waals surface area contributed by atoms with E-state index < -0.39 is 0 Å². The van der Waals surface area contributed by atoms with E-state index in [0.29, 0.717) is 17.2 Å². The summed E-state index contributed by atoms with van der Waals surface area (Å²) in [6.07, 6.45) is 3.93. The maximum absolute atomic E-state index is 13.0. The third kappa shape index (κ3) is 3.69. The first kappa shape index (κ1) is 18.3. The van der Waals surface area contributed by atoms with Crippen LogP contribution in [0.3, 0.4) is 0 Å². The number of aromatic nitrogens is 1. The van der Waals surface area contributed by atoms with E-state index in [1.165, 1.54) is 9.71 Å². The van der Waals surface area contributed by atoms with Gasteiger partial charge in [-0.15, -0.1) is 23.1 Å². The van der Waals surface area contributed by atoms with Gasteiger partial charge < -0.3 is 9.64 Å². The van der Waals surface area contributed by atoms with Crippen LogP contribution in [0, 0.1) is 0 Å². The van der Waals surface area contributed by atoms with Crippen molar-refractivity contribution in [2.45, 2.75) is 23.7 Å². The number of nitrogens with zero attached hydrogens (tertiary/aromatic N) is 2. The van der Waals surface area contributed by atoms with Crippen molar-refractivity contribution in [3.63, 3.8) is 0 Å². The number of amides is 1. The minimum absolute atomic E-state index is 0.0576. The molecular formula is C21H22N2O2S2. The van der Waals surface area contributed by atoms with Crippen molar-refractivity contribution < 1.29 is 9.53 Å². The Kier molecular flexibility index (Phi) is 5.36. The van der Waals surface area contributed by atoms with Crippen molar-refractivity contribution in [1.82, 2.24) is 9.88 Å². The summed E-state index contributed by atoms with van der Waals surface area (Å²) < 4.78 is 6.70.